The summed E-state index contributed by atoms with van der Waals surface area (Å²) >= 11 is 0. The van der Waals surface area contributed by atoms with Gasteiger partial charge in [-0.05, 0) is 36.5 Å². The van der Waals surface area contributed by atoms with Gasteiger partial charge in [-0.3, -0.25) is 4.79 Å². The molecule has 3 aliphatic rings. The number of hydrogen-bond acceptors (Lipinski definition) is 3. The second-order valence-electron chi connectivity index (χ2n) is 5.64. The van der Waals surface area contributed by atoms with E-state index in [4.69, 9.17) is 0 Å². The van der Waals surface area contributed by atoms with Gasteiger partial charge in [0.1, 0.15) is 5.78 Å². The van der Waals surface area contributed by atoms with Gasteiger partial charge < -0.3 is 4.74 Å². The molecule has 3 nitrogen and oxygen atoms in total. The molecule has 0 aromatic rings. The van der Waals surface area contributed by atoms with E-state index in [-0.39, 0.29) is 17.8 Å². The van der Waals surface area contributed by atoms with Gasteiger partial charge in [-0.15, -0.1) is 0 Å². The van der Waals surface area contributed by atoms with Crippen LogP contribution in [-0.4, -0.2) is 18.9 Å². The number of esters is 1. The van der Waals surface area contributed by atoms with Gasteiger partial charge in [0.15, 0.2) is 0 Å². The van der Waals surface area contributed by atoms with E-state index in [1.165, 1.54) is 13.2 Å². The number of Topliss-reactive ketones (excluding diaryl/α,β-unsaturated/α-hetero) is 1. The molecule has 2 saturated carbocycles. The highest BCUT2D eigenvalue weighted by Crippen LogP contribution is 2.55. The predicted molar refractivity (Wildman–Crippen MR) is 66.6 cm³/mol. The molecular weight excluding hydrogens is 228 g/mol. The number of allylic oxidation sites excluding steroid dienone is 3. The van der Waals surface area contributed by atoms with E-state index in [2.05, 4.69) is 16.9 Å². The maximum Gasteiger partial charge on any atom is 0.330 e. The Morgan fingerprint density at radius 1 is 1.50 bits per heavy atom. The first kappa shape index (κ1) is 11.7. The summed E-state index contributed by atoms with van der Waals surface area (Å²) in [7, 11) is 1.38. The third-order valence-electron chi connectivity index (χ3n) is 4.80. The summed E-state index contributed by atoms with van der Waals surface area (Å²) in [6, 6.07) is 0. The van der Waals surface area contributed by atoms with Crippen LogP contribution in [0.25, 0.3) is 0 Å². The summed E-state index contributed by atoms with van der Waals surface area (Å²) in [6.45, 7) is 0. The lowest BCUT2D eigenvalue weighted by Crippen LogP contribution is -2.21. The van der Waals surface area contributed by atoms with Crippen LogP contribution in [0.4, 0.5) is 0 Å². The van der Waals surface area contributed by atoms with Gasteiger partial charge in [0, 0.05) is 18.4 Å². The molecular formula is C15H18O3. The largest absolute Gasteiger partial charge is 0.466 e. The van der Waals surface area contributed by atoms with Gasteiger partial charge in [-0.1, -0.05) is 18.2 Å². The minimum absolute atomic E-state index is 0.144. The third-order valence-corrected chi connectivity index (χ3v) is 4.80. The number of ketones is 1. The highest BCUT2D eigenvalue weighted by Gasteiger charge is 2.53. The first-order valence-electron chi connectivity index (χ1n) is 6.66. The maximum atomic E-state index is 12.1. The van der Waals surface area contributed by atoms with E-state index in [1.807, 2.05) is 6.08 Å². The summed E-state index contributed by atoms with van der Waals surface area (Å²) in [5.74, 6) is 2.04. The number of carbonyl (C=O) groups excluding carboxylic acids is 2. The Morgan fingerprint density at radius 3 is 3.11 bits per heavy atom. The SMILES string of the molecule is COC(=O)/C=C/[C@H]1C[C@H]2C=CC[C@@H]3CC(=O)[C@@H]1[C@H]32. The number of rotatable bonds is 2. The van der Waals surface area contributed by atoms with Crippen LogP contribution >= 0.6 is 0 Å². The Hall–Kier alpha value is -1.38. The molecule has 0 spiro atoms. The van der Waals surface area contributed by atoms with E-state index in [0.29, 0.717) is 23.5 Å². The number of methoxy groups -OCH3 is 1. The summed E-state index contributed by atoms with van der Waals surface area (Å²) < 4.78 is 4.61. The molecule has 5 atom stereocenters. The lowest BCUT2D eigenvalue weighted by molar-refractivity contribution is -0.135. The van der Waals surface area contributed by atoms with Crippen LogP contribution in [0.15, 0.2) is 24.3 Å². The van der Waals surface area contributed by atoms with Crippen molar-refractivity contribution in [1.29, 1.82) is 0 Å². The summed E-state index contributed by atoms with van der Waals surface area (Å²) in [5.41, 5.74) is 0. The zero-order chi connectivity index (χ0) is 12.7. The van der Waals surface area contributed by atoms with Crippen molar-refractivity contribution >= 4 is 11.8 Å². The fourth-order valence-corrected chi connectivity index (χ4v) is 4.14. The molecule has 0 N–H and O–H groups in total. The highest BCUT2D eigenvalue weighted by atomic mass is 16.5. The van der Waals surface area contributed by atoms with Crippen LogP contribution in [-0.2, 0) is 14.3 Å². The molecule has 0 aliphatic heterocycles. The zero-order valence-electron chi connectivity index (χ0n) is 10.5. The smallest absolute Gasteiger partial charge is 0.330 e. The Bertz CT molecular complexity index is 435. The number of hydrogen-bond donors (Lipinski definition) is 0. The molecule has 0 saturated heterocycles. The van der Waals surface area contributed by atoms with Crippen molar-refractivity contribution in [2.75, 3.05) is 7.11 Å². The van der Waals surface area contributed by atoms with Crippen molar-refractivity contribution in [2.24, 2.45) is 29.6 Å². The molecule has 0 aromatic carbocycles. The van der Waals surface area contributed by atoms with Crippen LogP contribution < -0.4 is 0 Å². The second kappa shape index (κ2) is 4.38. The van der Waals surface area contributed by atoms with Crippen LogP contribution in [0.2, 0.25) is 0 Å². The van der Waals surface area contributed by atoms with Gasteiger partial charge >= 0.3 is 5.97 Å². The Kier molecular flexibility index (Phi) is 2.84. The van der Waals surface area contributed by atoms with Crippen LogP contribution in [0.3, 0.4) is 0 Å². The zero-order valence-corrected chi connectivity index (χ0v) is 10.5. The molecule has 0 amide bonds. The van der Waals surface area contributed by atoms with Crippen molar-refractivity contribution in [1.82, 2.24) is 0 Å². The molecule has 3 rings (SSSR count). The van der Waals surface area contributed by atoms with Gasteiger partial charge in [0.2, 0.25) is 0 Å². The molecule has 96 valence electrons. The summed E-state index contributed by atoms with van der Waals surface area (Å²) in [6.07, 6.45) is 10.7. The van der Waals surface area contributed by atoms with E-state index in [1.54, 1.807) is 0 Å². The van der Waals surface area contributed by atoms with Gasteiger partial charge in [0.05, 0.1) is 7.11 Å². The summed E-state index contributed by atoms with van der Waals surface area (Å²) in [4.78, 5) is 23.3. The molecule has 0 heterocycles. The topological polar surface area (TPSA) is 43.4 Å². The van der Waals surface area contributed by atoms with E-state index in [0.717, 1.165) is 19.3 Å². The minimum atomic E-state index is -0.331. The fourth-order valence-electron chi connectivity index (χ4n) is 4.14. The van der Waals surface area contributed by atoms with E-state index in [9.17, 15) is 9.59 Å². The number of carbonyl (C=O) groups is 2. The van der Waals surface area contributed by atoms with Crippen molar-refractivity contribution < 1.29 is 14.3 Å². The highest BCUT2D eigenvalue weighted by molar-refractivity contribution is 5.86. The van der Waals surface area contributed by atoms with Gasteiger partial charge in [-0.25, -0.2) is 4.79 Å². The first-order valence-corrected chi connectivity index (χ1v) is 6.66. The van der Waals surface area contributed by atoms with Crippen molar-refractivity contribution in [3.05, 3.63) is 24.3 Å². The number of ether oxygens (including phenoxy) is 1. The molecule has 0 unspecified atom stereocenters. The third kappa shape index (κ3) is 1.73. The molecule has 0 bridgehead atoms. The Balaban J connectivity index is 1.82. The molecule has 3 heteroatoms. The standard InChI is InChI=1S/C15H18O3/c1-18-13(17)6-5-11-7-9-3-2-4-10-8-12(16)15(11)14(9)10/h2-3,5-6,9-11,14-15H,4,7-8H2,1H3/b6-5+/t9-,10-,11+,14+,15-/m1/s1. The molecule has 0 aromatic heterocycles. The fraction of sp³-hybridized carbons (Fsp3) is 0.600. The Morgan fingerprint density at radius 2 is 2.33 bits per heavy atom. The Labute approximate surface area is 107 Å². The molecule has 0 radical (unpaired) electrons. The van der Waals surface area contributed by atoms with Crippen molar-refractivity contribution in [3.8, 4) is 0 Å². The van der Waals surface area contributed by atoms with Crippen molar-refractivity contribution in [3.63, 3.8) is 0 Å². The normalized spacial score (nSPS) is 41.4. The molecule has 18 heavy (non-hydrogen) atoms. The van der Waals surface area contributed by atoms with Crippen molar-refractivity contribution in [2.45, 2.75) is 19.3 Å². The maximum absolute atomic E-state index is 12.1. The predicted octanol–water partition coefficient (Wildman–Crippen LogP) is 2.13. The van der Waals surface area contributed by atoms with E-state index >= 15 is 0 Å². The minimum Gasteiger partial charge on any atom is -0.466 e. The average molecular weight is 246 g/mol. The van der Waals surface area contributed by atoms with Crippen LogP contribution in [0.5, 0.6) is 0 Å². The van der Waals surface area contributed by atoms with Crippen LogP contribution in [0.1, 0.15) is 19.3 Å². The van der Waals surface area contributed by atoms with Gasteiger partial charge in [-0.2, -0.15) is 0 Å². The lowest BCUT2D eigenvalue weighted by atomic mass is 9.79. The average Bonchev–Trinajstić information content (AvgIpc) is 2.90. The monoisotopic (exact) mass is 246 g/mol. The lowest BCUT2D eigenvalue weighted by Gasteiger charge is -2.25. The quantitative estimate of drug-likeness (QED) is 0.426. The van der Waals surface area contributed by atoms with Gasteiger partial charge in [0.25, 0.3) is 0 Å². The van der Waals surface area contributed by atoms with Crippen LogP contribution in [0, 0.1) is 29.6 Å². The first-order chi connectivity index (χ1) is 8.70. The summed E-state index contributed by atoms with van der Waals surface area (Å²) in [5, 5.41) is 0. The molecule has 3 aliphatic carbocycles. The second-order valence-corrected chi connectivity index (χ2v) is 5.64. The molecule has 2 fully saturated rings. The van der Waals surface area contributed by atoms with E-state index < -0.39 is 0 Å².